The number of hydrogen-bond acceptors (Lipinski definition) is 5. The van der Waals surface area contributed by atoms with E-state index in [0.717, 1.165) is 36.0 Å². The van der Waals surface area contributed by atoms with Gasteiger partial charge in [-0.2, -0.15) is 5.10 Å². The molecular formula is C22H25FN4O4. The van der Waals surface area contributed by atoms with Crippen LogP contribution in [0.3, 0.4) is 0 Å². The van der Waals surface area contributed by atoms with Crippen molar-refractivity contribution in [1.29, 1.82) is 0 Å². The van der Waals surface area contributed by atoms with Crippen LogP contribution in [0.5, 0.6) is 5.75 Å². The summed E-state index contributed by atoms with van der Waals surface area (Å²) in [7, 11) is 0. The van der Waals surface area contributed by atoms with Gasteiger partial charge in [-0.15, -0.1) is 0 Å². The number of carbonyl (C=O) groups is 1. The van der Waals surface area contributed by atoms with E-state index in [9.17, 15) is 19.3 Å². The zero-order valence-corrected chi connectivity index (χ0v) is 17.1. The third-order valence-corrected chi connectivity index (χ3v) is 7.13. The van der Waals surface area contributed by atoms with Gasteiger partial charge in [0.25, 0.3) is 5.91 Å². The van der Waals surface area contributed by atoms with Crippen molar-refractivity contribution >= 4 is 11.6 Å². The molecule has 0 radical (unpaired) electrons. The summed E-state index contributed by atoms with van der Waals surface area (Å²) in [6.07, 6.45) is 9.30. The Labute approximate surface area is 178 Å². The van der Waals surface area contributed by atoms with Crippen molar-refractivity contribution in [2.45, 2.75) is 45.3 Å². The van der Waals surface area contributed by atoms with Gasteiger partial charge in [-0.25, -0.2) is 9.07 Å². The van der Waals surface area contributed by atoms with E-state index in [4.69, 9.17) is 4.74 Å². The summed E-state index contributed by atoms with van der Waals surface area (Å²) in [6.45, 7) is 0.515. The van der Waals surface area contributed by atoms with E-state index in [1.165, 1.54) is 43.2 Å². The maximum Gasteiger partial charge on any atom is 0.311 e. The van der Waals surface area contributed by atoms with E-state index in [-0.39, 0.29) is 35.2 Å². The van der Waals surface area contributed by atoms with Gasteiger partial charge in [-0.3, -0.25) is 14.9 Å². The molecule has 1 amide bonds. The van der Waals surface area contributed by atoms with Gasteiger partial charge in [0.15, 0.2) is 6.73 Å². The SMILES string of the molecule is O=C(NCC12CC3CC(CC(C3)C1)C2)c1ccn(COc2cc(F)ccc2[N+](=O)[O-])n1. The molecule has 9 heteroatoms. The fraction of sp³-hybridized carbons (Fsp3) is 0.545. The van der Waals surface area contributed by atoms with Crippen LogP contribution < -0.4 is 10.1 Å². The van der Waals surface area contributed by atoms with Gasteiger partial charge in [0.1, 0.15) is 11.5 Å². The molecule has 4 fully saturated rings. The standard InChI is InChI=1S/C22H25FN4O4/c23-17-1-2-19(27(29)30)20(8-17)31-13-26-4-3-18(25-26)21(28)24-12-22-9-14-5-15(10-22)7-16(6-14)11-22/h1-4,8,14-16H,5-7,9-13H2,(H,24,28). The minimum atomic E-state index is -0.638. The van der Waals surface area contributed by atoms with Gasteiger partial charge < -0.3 is 10.1 Å². The van der Waals surface area contributed by atoms with Crippen LogP contribution in [0.2, 0.25) is 0 Å². The first-order chi connectivity index (χ1) is 14.9. The van der Waals surface area contributed by atoms with E-state index in [2.05, 4.69) is 10.4 Å². The number of amides is 1. The third-order valence-electron chi connectivity index (χ3n) is 7.13. The predicted octanol–water partition coefficient (Wildman–Crippen LogP) is 3.91. The quantitative estimate of drug-likeness (QED) is 0.532. The number of benzene rings is 1. The Balaban J connectivity index is 1.19. The van der Waals surface area contributed by atoms with E-state index in [1.807, 2.05) is 0 Å². The van der Waals surface area contributed by atoms with Crippen LogP contribution in [-0.2, 0) is 6.73 Å². The first-order valence-corrected chi connectivity index (χ1v) is 10.8. The minimum absolute atomic E-state index is 0.174. The highest BCUT2D eigenvalue weighted by Gasteiger charge is 2.50. The van der Waals surface area contributed by atoms with Gasteiger partial charge in [0.05, 0.1) is 4.92 Å². The normalized spacial score (nSPS) is 28.5. The van der Waals surface area contributed by atoms with Crippen LogP contribution in [0, 0.1) is 39.1 Å². The lowest BCUT2D eigenvalue weighted by molar-refractivity contribution is -0.386. The van der Waals surface area contributed by atoms with Crippen LogP contribution >= 0.6 is 0 Å². The molecule has 164 valence electrons. The van der Waals surface area contributed by atoms with Crippen LogP contribution in [0.1, 0.15) is 49.0 Å². The lowest BCUT2D eigenvalue weighted by Gasteiger charge is -2.56. The average molecular weight is 428 g/mol. The van der Waals surface area contributed by atoms with Crippen LogP contribution in [-0.4, -0.2) is 27.2 Å². The van der Waals surface area contributed by atoms with Crippen LogP contribution in [0.4, 0.5) is 10.1 Å². The number of aromatic nitrogens is 2. The Bertz CT molecular complexity index is 985. The molecule has 0 unspecified atom stereocenters. The number of rotatable bonds is 7. The zero-order chi connectivity index (χ0) is 21.6. The highest BCUT2D eigenvalue weighted by atomic mass is 19.1. The summed E-state index contributed by atoms with van der Waals surface area (Å²) in [5.41, 5.74) is 0.177. The Morgan fingerprint density at radius 3 is 2.55 bits per heavy atom. The number of nitrogens with one attached hydrogen (secondary N) is 1. The summed E-state index contributed by atoms with van der Waals surface area (Å²) < 4.78 is 20.1. The molecule has 2 aromatic rings. The Hall–Kier alpha value is -2.97. The molecule has 31 heavy (non-hydrogen) atoms. The average Bonchev–Trinajstić information content (AvgIpc) is 3.18. The fourth-order valence-corrected chi connectivity index (χ4v) is 6.31. The zero-order valence-electron chi connectivity index (χ0n) is 17.1. The monoisotopic (exact) mass is 428 g/mol. The van der Waals surface area contributed by atoms with Gasteiger partial charge in [0.2, 0.25) is 5.75 Å². The van der Waals surface area contributed by atoms with Crippen molar-refractivity contribution in [3.05, 3.63) is 52.1 Å². The minimum Gasteiger partial charge on any atom is -0.464 e. The van der Waals surface area contributed by atoms with E-state index >= 15 is 0 Å². The molecular weight excluding hydrogens is 403 g/mol. The van der Waals surface area contributed by atoms with Crippen LogP contribution in [0.15, 0.2) is 30.5 Å². The maximum atomic E-state index is 13.4. The fourth-order valence-electron chi connectivity index (χ4n) is 6.31. The topological polar surface area (TPSA) is 99.3 Å². The first-order valence-electron chi connectivity index (χ1n) is 10.8. The molecule has 0 aliphatic heterocycles. The third kappa shape index (κ3) is 4.00. The number of hydrogen-bond donors (Lipinski definition) is 1. The first kappa shape index (κ1) is 20.0. The van der Waals surface area contributed by atoms with Gasteiger partial charge in [-0.1, -0.05) is 0 Å². The second-order valence-corrected chi connectivity index (χ2v) is 9.48. The second-order valence-electron chi connectivity index (χ2n) is 9.48. The maximum absolute atomic E-state index is 13.4. The molecule has 0 saturated heterocycles. The molecule has 1 N–H and O–H groups in total. The van der Waals surface area contributed by atoms with E-state index in [0.29, 0.717) is 6.54 Å². The summed E-state index contributed by atoms with van der Waals surface area (Å²) in [4.78, 5) is 23.1. The summed E-state index contributed by atoms with van der Waals surface area (Å²) >= 11 is 0. The van der Waals surface area contributed by atoms with E-state index in [1.54, 1.807) is 12.3 Å². The Morgan fingerprint density at radius 2 is 1.90 bits per heavy atom. The Kier molecular flexibility index (Phi) is 4.91. The van der Waals surface area contributed by atoms with Crippen LogP contribution in [0.25, 0.3) is 0 Å². The lowest BCUT2D eigenvalue weighted by Crippen LogP contribution is -2.51. The summed E-state index contributed by atoms with van der Waals surface area (Å²) in [5, 5.41) is 18.3. The molecule has 1 aromatic carbocycles. The number of nitro benzene ring substituents is 1. The molecule has 8 nitrogen and oxygen atoms in total. The highest BCUT2D eigenvalue weighted by Crippen LogP contribution is 2.59. The number of nitro groups is 1. The van der Waals surface area contributed by atoms with Gasteiger partial charge >= 0.3 is 5.69 Å². The summed E-state index contributed by atoms with van der Waals surface area (Å²) in [5.74, 6) is 1.43. The lowest BCUT2D eigenvalue weighted by atomic mass is 9.49. The van der Waals surface area contributed by atoms with Crippen molar-refractivity contribution in [1.82, 2.24) is 15.1 Å². The number of halogens is 1. The molecule has 0 spiro atoms. The molecule has 4 bridgehead atoms. The molecule has 4 aliphatic carbocycles. The largest absolute Gasteiger partial charge is 0.464 e. The van der Waals surface area contributed by atoms with Gasteiger partial charge in [0, 0.05) is 24.9 Å². The second kappa shape index (κ2) is 7.62. The molecule has 1 aromatic heterocycles. The van der Waals surface area contributed by atoms with Crippen molar-refractivity contribution in [2.75, 3.05) is 6.54 Å². The molecule has 6 rings (SSSR count). The van der Waals surface area contributed by atoms with Gasteiger partial charge in [-0.05, 0) is 73.8 Å². The molecule has 4 aliphatic rings. The molecule has 0 atom stereocenters. The van der Waals surface area contributed by atoms with Crippen molar-refractivity contribution in [3.8, 4) is 5.75 Å². The van der Waals surface area contributed by atoms with Crippen molar-refractivity contribution in [3.63, 3.8) is 0 Å². The Morgan fingerprint density at radius 1 is 1.23 bits per heavy atom. The number of carbonyl (C=O) groups excluding carboxylic acids is 1. The molecule has 4 saturated carbocycles. The predicted molar refractivity (Wildman–Crippen MR) is 109 cm³/mol. The number of ether oxygens (including phenoxy) is 1. The van der Waals surface area contributed by atoms with Crippen molar-refractivity contribution in [2.24, 2.45) is 23.2 Å². The highest BCUT2D eigenvalue weighted by molar-refractivity contribution is 5.92. The van der Waals surface area contributed by atoms with Crippen molar-refractivity contribution < 1.29 is 18.8 Å². The van der Waals surface area contributed by atoms with E-state index < -0.39 is 10.7 Å². The smallest absolute Gasteiger partial charge is 0.311 e. The molecule has 1 heterocycles. The number of nitrogens with zero attached hydrogens (tertiary/aromatic N) is 3. The summed E-state index contributed by atoms with van der Waals surface area (Å²) in [6, 6.07) is 4.60.